The fourth-order valence-corrected chi connectivity index (χ4v) is 3.41. The predicted molar refractivity (Wildman–Crippen MR) is 142 cm³/mol. The second kappa shape index (κ2) is 18.3. The van der Waals surface area contributed by atoms with Gasteiger partial charge in [0.05, 0.1) is 19.3 Å². The van der Waals surface area contributed by atoms with E-state index in [4.69, 9.17) is 14.2 Å². The minimum absolute atomic E-state index is 0. The van der Waals surface area contributed by atoms with Crippen LogP contribution in [0.4, 0.5) is 0 Å². The van der Waals surface area contributed by atoms with Crippen LogP contribution in [0.5, 0.6) is 5.75 Å². The lowest BCUT2D eigenvalue weighted by molar-refractivity contribution is 0.0168. The number of hydrogen-bond donors (Lipinski definition) is 2. The van der Waals surface area contributed by atoms with Crippen LogP contribution in [0, 0.1) is 0 Å². The van der Waals surface area contributed by atoms with Crippen LogP contribution in [0.25, 0.3) is 0 Å². The maximum atomic E-state index is 5.86. The summed E-state index contributed by atoms with van der Waals surface area (Å²) in [6, 6.07) is 8.22. The lowest BCUT2D eigenvalue weighted by Gasteiger charge is -2.18. The Labute approximate surface area is 211 Å². The Hall–Kier alpha value is -1.10. The number of benzene rings is 1. The van der Waals surface area contributed by atoms with Crippen molar-refractivity contribution in [3.8, 4) is 5.75 Å². The third-order valence-corrected chi connectivity index (χ3v) is 5.34. The van der Waals surface area contributed by atoms with Gasteiger partial charge in [-0.1, -0.05) is 26.0 Å². The zero-order valence-corrected chi connectivity index (χ0v) is 22.4. The molecule has 1 unspecified atom stereocenters. The standard InChI is InChI=1S/C24H42N4O3.HI/c1-4-25-24(26-14-8-16-29-20-23-9-7-17-30-23)27-19-21-10-12-22(13-11-21)31-18-15-28(5-2)6-3;/h10-13,23H,4-9,14-20H2,1-3H3,(H2,25,26,27);1H. The van der Waals surface area contributed by atoms with Gasteiger partial charge in [-0.3, -0.25) is 0 Å². The first-order valence-electron chi connectivity index (χ1n) is 11.9. The zero-order chi connectivity index (χ0) is 22.2. The highest BCUT2D eigenvalue weighted by atomic mass is 127. The van der Waals surface area contributed by atoms with Gasteiger partial charge < -0.3 is 29.7 Å². The summed E-state index contributed by atoms with van der Waals surface area (Å²) in [5.41, 5.74) is 1.16. The molecule has 1 saturated heterocycles. The second-order valence-electron chi connectivity index (χ2n) is 7.70. The van der Waals surface area contributed by atoms with E-state index in [2.05, 4.69) is 53.4 Å². The van der Waals surface area contributed by atoms with Crippen molar-refractivity contribution in [1.82, 2.24) is 15.5 Å². The van der Waals surface area contributed by atoms with Crippen molar-refractivity contribution in [3.05, 3.63) is 29.8 Å². The quantitative estimate of drug-likeness (QED) is 0.147. The number of ether oxygens (including phenoxy) is 3. The second-order valence-corrected chi connectivity index (χ2v) is 7.70. The molecule has 1 aromatic rings. The molecule has 2 N–H and O–H groups in total. The summed E-state index contributed by atoms with van der Waals surface area (Å²) in [6.45, 7) is 14.8. The first-order valence-corrected chi connectivity index (χ1v) is 11.9. The maximum absolute atomic E-state index is 5.86. The summed E-state index contributed by atoms with van der Waals surface area (Å²) in [6.07, 6.45) is 3.52. The van der Waals surface area contributed by atoms with Crippen molar-refractivity contribution >= 4 is 29.9 Å². The van der Waals surface area contributed by atoms with Gasteiger partial charge in [0.2, 0.25) is 0 Å². The van der Waals surface area contributed by atoms with Crippen molar-refractivity contribution in [2.45, 2.75) is 52.7 Å². The molecule has 1 aliphatic heterocycles. The smallest absolute Gasteiger partial charge is 0.191 e. The van der Waals surface area contributed by atoms with Gasteiger partial charge in [-0.25, -0.2) is 4.99 Å². The van der Waals surface area contributed by atoms with E-state index in [1.54, 1.807) is 0 Å². The highest BCUT2D eigenvalue weighted by Crippen LogP contribution is 2.13. The fraction of sp³-hybridized carbons (Fsp3) is 0.708. The highest BCUT2D eigenvalue weighted by molar-refractivity contribution is 14.0. The molecule has 1 heterocycles. The largest absolute Gasteiger partial charge is 0.492 e. The highest BCUT2D eigenvalue weighted by Gasteiger charge is 2.14. The van der Waals surface area contributed by atoms with E-state index in [-0.39, 0.29) is 24.0 Å². The van der Waals surface area contributed by atoms with E-state index in [0.29, 0.717) is 25.9 Å². The molecule has 8 heteroatoms. The monoisotopic (exact) mass is 562 g/mol. The molecule has 0 aromatic heterocycles. The number of nitrogens with zero attached hydrogens (tertiary/aromatic N) is 2. The van der Waals surface area contributed by atoms with Crippen molar-refractivity contribution in [1.29, 1.82) is 0 Å². The van der Waals surface area contributed by atoms with Gasteiger partial charge in [-0.05, 0) is 57.0 Å². The minimum Gasteiger partial charge on any atom is -0.492 e. The molecular formula is C24H43IN4O3. The van der Waals surface area contributed by atoms with E-state index in [1.165, 1.54) is 0 Å². The zero-order valence-electron chi connectivity index (χ0n) is 20.1. The number of aliphatic imine (C=N–C) groups is 1. The topological polar surface area (TPSA) is 67.4 Å². The predicted octanol–water partition coefficient (Wildman–Crippen LogP) is 3.67. The molecule has 184 valence electrons. The molecule has 0 radical (unpaired) electrons. The van der Waals surface area contributed by atoms with Crippen LogP contribution in [0.1, 0.15) is 45.6 Å². The van der Waals surface area contributed by atoms with Crippen LogP contribution in [0.2, 0.25) is 0 Å². The fourth-order valence-electron chi connectivity index (χ4n) is 3.41. The summed E-state index contributed by atoms with van der Waals surface area (Å²) in [5, 5.41) is 6.68. The summed E-state index contributed by atoms with van der Waals surface area (Å²) in [7, 11) is 0. The van der Waals surface area contributed by atoms with Crippen LogP contribution in [-0.2, 0) is 16.0 Å². The number of guanidine groups is 1. The van der Waals surface area contributed by atoms with E-state index in [9.17, 15) is 0 Å². The minimum atomic E-state index is 0. The molecule has 1 fully saturated rings. The number of rotatable bonds is 15. The van der Waals surface area contributed by atoms with Crippen LogP contribution >= 0.6 is 24.0 Å². The molecule has 1 atom stereocenters. The molecule has 0 spiro atoms. The van der Waals surface area contributed by atoms with Crippen molar-refractivity contribution in [2.24, 2.45) is 4.99 Å². The number of nitrogens with one attached hydrogen (secondary N) is 2. The van der Waals surface area contributed by atoms with Crippen LogP contribution in [0.15, 0.2) is 29.3 Å². The molecule has 1 aliphatic rings. The Morgan fingerprint density at radius 1 is 1.12 bits per heavy atom. The Kier molecular flexibility index (Phi) is 16.6. The molecular weight excluding hydrogens is 519 g/mol. The third kappa shape index (κ3) is 12.2. The van der Waals surface area contributed by atoms with Crippen LogP contribution in [-0.4, -0.2) is 76.1 Å². The molecule has 0 bridgehead atoms. The SMILES string of the molecule is CCNC(=NCc1ccc(OCCN(CC)CC)cc1)NCCCOCC1CCCO1.I. The summed E-state index contributed by atoms with van der Waals surface area (Å²) in [4.78, 5) is 7.04. The van der Waals surface area contributed by atoms with Gasteiger partial charge in [0.25, 0.3) is 0 Å². The van der Waals surface area contributed by atoms with Gasteiger partial charge >= 0.3 is 0 Å². The Morgan fingerprint density at radius 2 is 1.91 bits per heavy atom. The molecule has 2 rings (SSSR count). The summed E-state index contributed by atoms with van der Waals surface area (Å²) >= 11 is 0. The molecule has 0 aliphatic carbocycles. The third-order valence-electron chi connectivity index (χ3n) is 5.34. The van der Waals surface area contributed by atoms with E-state index in [0.717, 1.165) is 82.5 Å². The number of hydrogen-bond acceptors (Lipinski definition) is 5. The maximum Gasteiger partial charge on any atom is 0.191 e. The van der Waals surface area contributed by atoms with Gasteiger partial charge in [0.15, 0.2) is 5.96 Å². The van der Waals surface area contributed by atoms with E-state index < -0.39 is 0 Å². The van der Waals surface area contributed by atoms with Gasteiger partial charge in [0.1, 0.15) is 12.4 Å². The van der Waals surface area contributed by atoms with Crippen molar-refractivity contribution in [3.63, 3.8) is 0 Å². The van der Waals surface area contributed by atoms with Crippen LogP contribution in [0.3, 0.4) is 0 Å². The summed E-state index contributed by atoms with van der Waals surface area (Å²) in [5.74, 6) is 1.74. The Morgan fingerprint density at radius 3 is 2.56 bits per heavy atom. The lowest BCUT2D eigenvalue weighted by atomic mass is 10.2. The molecule has 0 saturated carbocycles. The van der Waals surface area contributed by atoms with Crippen LogP contribution < -0.4 is 15.4 Å². The number of halogens is 1. The summed E-state index contributed by atoms with van der Waals surface area (Å²) < 4.78 is 17.1. The normalized spacial score (nSPS) is 16.1. The first kappa shape index (κ1) is 28.9. The van der Waals surface area contributed by atoms with Gasteiger partial charge in [-0.2, -0.15) is 0 Å². The van der Waals surface area contributed by atoms with Gasteiger partial charge in [-0.15, -0.1) is 24.0 Å². The molecule has 1 aromatic carbocycles. The average molecular weight is 563 g/mol. The molecule has 7 nitrogen and oxygen atoms in total. The Balaban J connectivity index is 0.00000512. The van der Waals surface area contributed by atoms with Gasteiger partial charge in [0, 0.05) is 32.8 Å². The molecule has 0 amide bonds. The Bertz CT molecular complexity index is 606. The van der Waals surface area contributed by atoms with Crippen molar-refractivity contribution in [2.75, 3.05) is 59.2 Å². The van der Waals surface area contributed by atoms with E-state index >= 15 is 0 Å². The van der Waals surface area contributed by atoms with Crippen molar-refractivity contribution < 1.29 is 14.2 Å². The first-order chi connectivity index (χ1) is 15.2. The van der Waals surface area contributed by atoms with E-state index in [1.807, 2.05) is 12.1 Å². The average Bonchev–Trinajstić information content (AvgIpc) is 3.31. The number of likely N-dealkylation sites (N-methyl/N-ethyl adjacent to an activating group) is 1. The lowest BCUT2D eigenvalue weighted by Crippen LogP contribution is -2.38. The molecule has 32 heavy (non-hydrogen) atoms.